The van der Waals surface area contributed by atoms with Crippen LogP contribution in [0.3, 0.4) is 0 Å². The molecule has 24 heavy (non-hydrogen) atoms. The Bertz CT molecular complexity index is 577. The van der Waals surface area contributed by atoms with E-state index in [0.29, 0.717) is 23.8 Å². The second-order valence-electron chi connectivity index (χ2n) is 7.51. The average Bonchev–Trinajstić information content (AvgIpc) is 3.23. The monoisotopic (exact) mass is 374 g/mol. The van der Waals surface area contributed by atoms with Crippen LogP contribution in [0, 0.1) is 24.7 Å². The molecule has 5 unspecified atom stereocenters. The maximum absolute atomic E-state index is 13.0. The highest BCUT2D eigenvalue weighted by Crippen LogP contribution is 2.48. The number of carbonyl (C=O) groups is 1. The lowest BCUT2D eigenvalue weighted by Gasteiger charge is -2.37. The van der Waals surface area contributed by atoms with E-state index in [0.717, 1.165) is 25.9 Å². The molecule has 2 N–H and O–H groups in total. The molecule has 136 valence electrons. The van der Waals surface area contributed by atoms with E-state index in [1.165, 1.54) is 24.8 Å². The molecule has 1 amide bonds. The summed E-state index contributed by atoms with van der Waals surface area (Å²) in [5.74, 6) is 1.53. The molecule has 3 fully saturated rings. The topological polar surface area (TPSA) is 64.2 Å². The van der Waals surface area contributed by atoms with Crippen LogP contribution in [0.25, 0.3) is 0 Å². The number of amides is 1. The van der Waals surface area contributed by atoms with Gasteiger partial charge in [0.15, 0.2) is 0 Å². The van der Waals surface area contributed by atoms with E-state index >= 15 is 0 Å². The van der Waals surface area contributed by atoms with Crippen molar-refractivity contribution in [1.82, 2.24) is 14.7 Å². The van der Waals surface area contributed by atoms with Gasteiger partial charge in [-0.1, -0.05) is 0 Å². The zero-order valence-electron chi connectivity index (χ0n) is 14.1. The number of aryl methyl sites for hydroxylation is 1. The SMILES string of the molecule is Cc1cnn(C2CCCN(C(=O)C3C4CCC(C4)C3N)C2)c1.Cl.Cl. The molecular formula is C17H28Cl2N4O. The van der Waals surface area contributed by atoms with Gasteiger partial charge >= 0.3 is 0 Å². The van der Waals surface area contributed by atoms with Gasteiger partial charge in [0.1, 0.15) is 0 Å². The summed E-state index contributed by atoms with van der Waals surface area (Å²) in [7, 11) is 0. The van der Waals surface area contributed by atoms with Gasteiger partial charge in [-0.25, -0.2) is 0 Å². The van der Waals surface area contributed by atoms with Gasteiger partial charge in [0, 0.05) is 25.3 Å². The van der Waals surface area contributed by atoms with Crippen LogP contribution in [0.15, 0.2) is 12.4 Å². The predicted octanol–water partition coefficient (Wildman–Crippen LogP) is 2.57. The largest absolute Gasteiger partial charge is 0.340 e. The summed E-state index contributed by atoms with van der Waals surface area (Å²) in [5, 5.41) is 4.44. The minimum absolute atomic E-state index is 0. The molecule has 1 saturated heterocycles. The lowest BCUT2D eigenvalue weighted by atomic mass is 9.83. The Labute approximate surface area is 156 Å². The van der Waals surface area contributed by atoms with E-state index in [4.69, 9.17) is 5.73 Å². The fraction of sp³-hybridized carbons (Fsp3) is 0.765. The number of fused-ring (bicyclic) bond motifs is 2. The molecule has 2 heterocycles. The molecule has 0 aromatic carbocycles. The Morgan fingerprint density at radius 2 is 2.00 bits per heavy atom. The highest BCUT2D eigenvalue weighted by atomic mass is 35.5. The summed E-state index contributed by atoms with van der Waals surface area (Å²) >= 11 is 0. The van der Waals surface area contributed by atoms with Crippen LogP contribution in [0.4, 0.5) is 0 Å². The Hall–Kier alpha value is -0.780. The van der Waals surface area contributed by atoms with E-state index in [1.54, 1.807) is 0 Å². The Kier molecular flexibility index (Phi) is 6.21. The number of aromatic nitrogens is 2. The minimum Gasteiger partial charge on any atom is -0.340 e. The molecule has 1 aliphatic heterocycles. The fourth-order valence-electron chi connectivity index (χ4n) is 4.92. The summed E-state index contributed by atoms with van der Waals surface area (Å²) in [4.78, 5) is 15.1. The predicted molar refractivity (Wildman–Crippen MR) is 98.6 cm³/mol. The minimum atomic E-state index is 0. The fourth-order valence-corrected chi connectivity index (χ4v) is 4.92. The Balaban J connectivity index is 0.00000104. The molecule has 7 heteroatoms. The number of hydrogen-bond donors (Lipinski definition) is 1. The van der Waals surface area contributed by atoms with Crippen molar-refractivity contribution in [3.05, 3.63) is 18.0 Å². The van der Waals surface area contributed by atoms with E-state index in [9.17, 15) is 4.79 Å². The number of halogens is 2. The summed E-state index contributed by atoms with van der Waals surface area (Å²) in [6, 6.07) is 0.416. The molecule has 5 nitrogen and oxygen atoms in total. The van der Waals surface area contributed by atoms with Gasteiger partial charge in [-0.3, -0.25) is 9.48 Å². The number of likely N-dealkylation sites (tertiary alicyclic amines) is 1. The number of nitrogens with zero attached hydrogens (tertiary/aromatic N) is 3. The summed E-state index contributed by atoms with van der Waals surface area (Å²) < 4.78 is 2.04. The lowest BCUT2D eigenvalue weighted by Crippen LogP contribution is -2.50. The van der Waals surface area contributed by atoms with Crippen molar-refractivity contribution in [2.75, 3.05) is 13.1 Å². The van der Waals surface area contributed by atoms with Gasteiger partial charge in [0.2, 0.25) is 5.91 Å². The van der Waals surface area contributed by atoms with Crippen molar-refractivity contribution in [3.63, 3.8) is 0 Å². The van der Waals surface area contributed by atoms with Crippen molar-refractivity contribution in [3.8, 4) is 0 Å². The second-order valence-corrected chi connectivity index (χ2v) is 7.51. The first-order valence-corrected chi connectivity index (χ1v) is 8.68. The standard InChI is InChI=1S/C17H26N4O.2ClH/c1-11-8-19-21(9-11)14-3-2-6-20(10-14)17(22)15-12-4-5-13(7-12)16(15)18;;/h8-9,12-16H,2-7,10,18H2,1H3;2*1H. The van der Waals surface area contributed by atoms with Gasteiger partial charge in [-0.05, 0) is 56.4 Å². The molecule has 1 aromatic rings. The second kappa shape index (κ2) is 7.63. The average molecular weight is 375 g/mol. The van der Waals surface area contributed by atoms with Gasteiger partial charge in [-0.2, -0.15) is 5.10 Å². The van der Waals surface area contributed by atoms with E-state index in [1.807, 2.05) is 10.9 Å². The number of piperidine rings is 1. The molecule has 2 bridgehead atoms. The maximum Gasteiger partial charge on any atom is 0.227 e. The van der Waals surface area contributed by atoms with Crippen molar-refractivity contribution in [2.24, 2.45) is 23.5 Å². The molecular weight excluding hydrogens is 347 g/mol. The zero-order chi connectivity index (χ0) is 15.3. The summed E-state index contributed by atoms with van der Waals surface area (Å²) in [6.07, 6.45) is 9.75. The van der Waals surface area contributed by atoms with Crippen LogP contribution in [0.2, 0.25) is 0 Å². The number of carbonyl (C=O) groups excluding carboxylic acids is 1. The molecule has 5 atom stereocenters. The van der Waals surface area contributed by atoms with Crippen LogP contribution >= 0.6 is 24.8 Å². The third kappa shape index (κ3) is 3.31. The van der Waals surface area contributed by atoms with Crippen molar-refractivity contribution in [1.29, 1.82) is 0 Å². The van der Waals surface area contributed by atoms with Crippen LogP contribution in [0.5, 0.6) is 0 Å². The Morgan fingerprint density at radius 1 is 1.25 bits per heavy atom. The zero-order valence-corrected chi connectivity index (χ0v) is 15.8. The third-order valence-corrected chi connectivity index (χ3v) is 6.08. The van der Waals surface area contributed by atoms with Gasteiger partial charge < -0.3 is 10.6 Å². The molecule has 1 aromatic heterocycles. The normalized spacial score (nSPS) is 34.6. The van der Waals surface area contributed by atoms with Crippen LogP contribution in [0.1, 0.15) is 43.7 Å². The molecule has 0 radical (unpaired) electrons. The van der Waals surface area contributed by atoms with E-state index in [-0.39, 0.29) is 36.8 Å². The van der Waals surface area contributed by atoms with E-state index < -0.39 is 0 Å². The molecule has 3 aliphatic rings. The Morgan fingerprint density at radius 3 is 2.62 bits per heavy atom. The third-order valence-electron chi connectivity index (χ3n) is 6.08. The van der Waals surface area contributed by atoms with Crippen molar-refractivity contribution < 1.29 is 4.79 Å². The smallest absolute Gasteiger partial charge is 0.227 e. The first kappa shape index (κ1) is 19.5. The molecule has 4 rings (SSSR count). The molecule has 0 spiro atoms. The first-order valence-electron chi connectivity index (χ1n) is 8.68. The first-order chi connectivity index (χ1) is 10.6. The van der Waals surface area contributed by atoms with Crippen LogP contribution in [-0.4, -0.2) is 39.7 Å². The molecule has 2 aliphatic carbocycles. The lowest BCUT2D eigenvalue weighted by molar-refractivity contribution is -0.139. The van der Waals surface area contributed by atoms with Crippen LogP contribution in [-0.2, 0) is 4.79 Å². The maximum atomic E-state index is 13.0. The quantitative estimate of drug-likeness (QED) is 0.864. The van der Waals surface area contributed by atoms with Gasteiger partial charge in [0.25, 0.3) is 0 Å². The summed E-state index contributed by atoms with van der Waals surface area (Å²) in [6.45, 7) is 3.74. The highest BCUT2D eigenvalue weighted by molar-refractivity contribution is 5.85. The number of rotatable bonds is 2. The van der Waals surface area contributed by atoms with Crippen molar-refractivity contribution in [2.45, 2.75) is 51.1 Å². The van der Waals surface area contributed by atoms with Gasteiger partial charge in [0.05, 0.1) is 18.2 Å². The highest BCUT2D eigenvalue weighted by Gasteiger charge is 2.50. The number of hydrogen-bond acceptors (Lipinski definition) is 3. The molecule has 2 saturated carbocycles. The van der Waals surface area contributed by atoms with Crippen LogP contribution < -0.4 is 5.73 Å². The van der Waals surface area contributed by atoms with Crippen molar-refractivity contribution >= 4 is 30.7 Å². The van der Waals surface area contributed by atoms with E-state index in [2.05, 4.69) is 23.1 Å². The van der Waals surface area contributed by atoms with Gasteiger partial charge in [-0.15, -0.1) is 24.8 Å². The number of nitrogens with two attached hydrogens (primary N) is 1. The summed E-state index contributed by atoms with van der Waals surface area (Å²) in [5.41, 5.74) is 7.54.